The maximum Gasteiger partial charge on any atom is 0.165 e. The normalized spacial score (nSPS) is 28.1. The lowest BCUT2D eigenvalue weighted by atomic mass is 9.48. The minimum absolute atomic E-state index is 0.0374. The van der Waals surface area contributed by atoms with Crippen molar-refractivity contribution >= 4 is 0 Å². The fourth-order valence-corrected chi connectivity index (χ4v) is 9.58. The number of aromatic hydroxyl groups is 1. The van der Waals surface area contributed by atoms with Crippen LogP contribution in [-0.4, -0.2) is 70.0 Å². The van der Waals surface area contributed by atoms with Gasteiger partial charge in [0.25, 0.3) is 0 Å². The molecule has 2 heterocycles. The monoisotopic (exact) mass is 606 g/mol. The molecular formula is C40H50N2O3. The van der Waals surface area contributed by atoms with Gasteiger partial charge in [-0.15, -0.1) is 6.58 Å². The van der Waals surface area contributed by atoms with Gasteiger partial charge in [0, 0.05) is 24.2 Å². The van der Waals surface area contributed by atoms with Crippen LogP contribution in [0.4, 0.5) is 0 Å². The second-order valence-electron chi connectivity index (χ2n) is 14.0. The predicted molar refractivity (Wildman–Crippen MR) is 181 cm³/mol. The zero-order valence-electron chi connectivity index (χ0n) is 26.7. The van der Waals surface area contributed by atoms with E-state index in [1.54, 1.807) is 0 Å². The molecule has 7 rings (SSSR count). The van der Waals surface area contributed by atoms with Crippen molar-refractivity contribution in [3.8, 4) is 11.5 Å². The van der Waals surface area contributed by atoms with E-state index in [4.69, 9.17) is 4.74 Å². The molecule has 45 heavy (non-hydrogen) atoms. The number of unbranched alkanes of at least 4 members (excludes halogenated alkanes) is 3. The molecule has 2 aliphatic carbocycles. The number of aryl methyl sites for hydroxylation is 2. The van der Waals surface area contributed by atoms with Gasteiger partial charge >= 0.3 is 0 Å². The highest BCUT2D eigenvalue weighted by Crippen LogP contribution is 2.65. The Labute approximate surface area is 269 Å². The number of aliphatic hydroxyl groups is 1. The molecular weight excluding hydrogens is 556 g/mol. The molecule has 0 radical (unpaired) electrons. The minimum atomic E-state index is -0.880. The first-order chi connectivity index (χ1) is 22.0. The van der Waals surface area contributed by atoms with Crippen LogP contribution in [0.15, 0.2) is 85.5 Å². The Bertz CT molecular complexity index is 1460. The molecule has 5 heteroatoms. The third kappa shape index (κ3) is 5.41. The molecule has 2 fully saturated rings. The molecule has 1 saturated heterocycles. The number of benzene rings is 3. The highest BCUT2D eigenvalue weighted by molar-refractivity contribution is 5.62. The van der Waals surface area contributed by atoms with Gasteiger partial charge < -0.3 is 14.9 Å². The molecule has 0 aromatic heterocycles. The molecule has 1 saturated carbocycles. The number of hydrogen-bond donors (Lipinski definition) is 2. The summed E-state index contributed by atoms with van der Waals surface area (Å²) in [6.45, 7) is 7.78. The molecule has 2 aliphatic heterocycles. The summed E-state index contributed by atoms with van der Waals surface area (Å²) in [6, 6.07) is 25.8. The summed E-state index contributed by atoms with van der Waals surface area (Å²) < 4.78 is 6.93. The Hall–Kier alpha value is -3.12. The summed E-state index contributed by atoms with van der Waals surface area (Å²) in [6.07, 6.45) is 13.3. The summed E-state index contributed by atoms with van der Waals surface area (Å²) in [7, 11) is 0. The molecule has 0 amide bonds. The molecule has 2 bridgehead atoms. The molecule has 2 N–H and O–H groups in total. The second kappa shape index (κ2) is 12.9. The number of hydrogen-bond acceptors (Lipinski definition) is 5. The Morgan fingerprint density at radius 3 is 2.29 bits per heavy atom. The lowest BCUT2D eigenvalue weighted by molar-refractivity contribution is -0.198. The van der Waals surface area contributed by atoms with Crippen molar-refractivity contribution in [3.05, 3.63) is 108 Å². The van der Waals surface area contributed by atoms with E-state index in [2.05, 4.69) is 83.1 Å². The maximum absolute atomic E-state index is 12.8. The van der Waals surface area contributed by atoms with E-state index < -0.39 is 11.0 Å². The van der Waals surface area contributed by atoms with E-state index in [1.807, 2.05) is 12.1 Å². The summed E-state index contributed by atoms with van der Waals surface area (Å²) in [5, 5.41) is 23.9. The summed E-state index contributed by atoms with van der Waals surface area (Å²) in [5.41, 5.74) is 3.79. The van der Waals surface area contributed by atoms with Crippen LogP contribution in [0.5, 0.6) is 11.5 Å². The van der Waals surface area contributed by atoms with E-state index in [0.29, 0.717) is 5.75 Å². The highest BCUT2D eigenvalue weighted by atomic mass is 16.5. The first-order valence-corrected chi connectivity index (χ1v) is 17.5. The van der Waals surface area contributed by atoms with Gasteiger partial charge in [-0.25, -0.2) is 0 Å². The lowest BCUT2D eigenvalue weighted by Crippen LogP contribution is -2.78. The highest BCUT2D eigenvalue weighted by Gasteiger charge is 2.73. The zero-order chi connectivity index (χ0) is 30.9. The third-order valence-electron chi connectivity index (χ3n) is 11.6. The van der Waals surface area contributed by atoms with Crippen LogP contribution in [0, 0.1) is 0 Å². The first-order valence-electron chi connectivity index (χ1n) is 17.5. The second-order valence-corrected chi connectivity index (χ2v) is 14.0. The van der Waals surface area contributed by atoms with E-state index >= 15 is 0 Å². The number of rotatable bonds is 14. The van der Waals surface area contributed by atoms with Crippen molar-refractivity contribution in [2.75, 3.05) is 26.2 Å². The SMILES string of the molecule is C=CCN1CC[C@]23c4c5ccc(O)c4O[C@H]2[C@@H](N(CCCCCCc2ccccc2)CCCc2ccccc2)CC[C@@]3(O)[C@H]1C5. The maximum atomic E-state index is 12.8. The van der Waals surface area contributed by atoms with Crippen molar-refractivity contribution < 1.29 is 14.9 Å². The molecule has 3 aromatic carbocycles. The predicted octanol–water partition coefficient (Wildman–Crippen LogP) is 6.84. The van der Waals surface area contributed by atoms with Gasteiger partial charge in [0.05, 0.1) is 11.0 Å². The van der Waals surface area contributed by atoms with Crippen molar-refractivity contribution in [3.63, 3.8) is 0 Å². The number of phenolic OH excluding ortho intramolecular Hbond substituents is 1. The van der Waals surface area contributed by atoms with Gasteiger partial charge in [0.2, 0.25) is 0 Å². The number of likely N-dealkylation sites (tertiary alicyclic amines) is 1. The lowest BCUT2D eigenvalue weighted by Gasteiger charge is -2.65. The van der Waals surface area contributed by atoms with Crippen LogP contribution in [-0.2, 0) is 24.7 Å². The third-order valence-corrected chi connectivity index (χ3v) is 11.6. The average molecular weight is 607 g/mol. The van der Waals surface area contributed by atoms with Gasteiger partial charge in [-0.05, 0) is 100 Å². The van der Waals surface area contributed by atoms with E-state index in [-0.39, 0.29) is 23.9 Å². The number of piperidine rings is 1. The molecule has 4 aliphatic rings. The van der Waals surface area contributed by atoms with Crippen LogP contribution in [0.3, 0.4) is 0 Å². The fraction of sp³-hybridized carbons (Fsp3) is 0.500. The van der Waals surface area contributed by atoms with E-state index in [0.717, 1.165) is 76.7 Å². The Morgan fingerprint density at radius 1 is 0.867 bits per heavy atom. The number of phenols is 1. The number of nitrogens with zero attached hydrogens (tertiary/aromatic N) is 2. The van der Waals surface area contributed by atoms with Crippen molar-refractivity contribution in [1.82, 2.24) is 9.80 Å². The van der Waals surface area contributed by atoms with Crippen molar-refractivity contribution in [2.24, 2.45) is 0 Å². The minimum Gasteiger partial charge on any atom is -0.504 e. The summed E-state index contributed by atoms with van der Waals surface area (Å²) in [4.78, 5) is 5.15. The van der Waals surface area contributed by atoms with Crippen molar-refractivity contribution in [2.45, 2.75) is 99.8 Å². The first kappa shape index (κ1) is 30.5. The van der Waals surface area contributed by atoms with E-state index in [1.165, 1.54) is 42.4 Å². The number of ether oxygens (including phenoxy) is 1. The van der Waals surface area contributed by atoms with Crippen LogP contribution < -0.4 is 4.74 Å². The van der Waals surface area contributed by atoms with Crippen LogP contribution >= 0.6 is 0 Å². The van der Waals surface area contributed by atoms with Crippen molar-refractivity contribution in [1.29, 1.82) is 0 Å². The average Bonchev–Trinajstić information content (AvgIpc) is 3.42. The Morgan fingerprint density at radius 2 is 1.56 bits per heavy atom. The standard InChI is InChI=1S/C40H50N2O3/c1-2-25-42-28-24-39-36-32-20-21-34(43)37(36)45-38(39)33(22-23-40(39,44)35(42)29-32)41(27-13-19-31-17-10-6-11-18-31)26-12-4-3-7-14-30-15-8-5-9-16-30/h2,5-6,8-11,15-18,20-21,33,35,38,43-44H,1,3-4,7,12-14,19,22-29H2/t33-,35+,38-,39-,40+/m0/s1. The van der Waals surface area contributed by atoms with Gasteiger partial charge in [-0.3, -0.25) is 9.80 Å². The molecule has 0 unspecified atom stereocenters. The Kier molecular flexibility index (Phi) is 8.78. The molecule has 1 spiro atoms. The van der Waals surface area contributed by atoms with Gasteiger partial charge in [0.15, 0.2) is 11.5 Å². The van der Waals surface area contributed by atoms with Crippen LogP contribution in [0.2, 0.25) is 0 Å². The van der Waals surface area contributed by atoms with Gasteiger partial charge in [-0.1, -0.05) is 85.6 Å². The summed E-state index contributed by atoms with van der Waals surface area (Å²) >= 11 is 0. The fourth-order valence-electron chi connectivity index (χ4n) is 9.58. The van der Waals surface area contributed by atoms with Gasteiger partial charge in [0.1, 0.15) is 6.10 Å². The molecule has 238 valence electrons. The topological polar surface area (TPSA) is 56.2 Å². The smallest absolute Gasteiger partial charge is 0.165 e. The van der Waals surface area contributed by atoms with E-state index in [9.17, 15) is 10.2 Å². The zero-order valence-corrected chi connectivity index (χ0v) is 26.7. The molecule has 5 atom stereocenters. The summed E-state index contributed by atoms with van der Waals surface area (Å²) in [5.74, 6) is 0.864. The quantitative estimate of drug-likeness (QED) is 0.156. The molecule has 5 nitrogen and oxygen atoms in total. The largest absolute Gasteiger partial charge is 0.504 e. The Balaban J connectivity index is 1.12. The van der Waals surface area contributed by atoms with Crippen LogP contribution in [0.25, 0.3) is 0 Å². The van der Waals surface area contributed by atoms with Crippen LogP contribution in [0.1, 0.15) is 73.6 Å². The van der Waals surface area contributed by atoms with Gasteiger partial charge in [-0.2, -0.15) is 0 Å². The molecule has 3 aromatic rings.